The molecule has 0 aliphatic heterocycles. The van der Waals surface area contributed by atoms with Crippen molar-refractivity contribution < 1.29 is 4.42 Å². The molecule has 0 unspecified atom stereocenters. The normalized spacial score (nSPS) is 10.0. The highest BCUT2D eigenvalue weighted by molar-refractivity contribution is 5.77. The van der Waals surface area contributed by atoms with Gasteiger partial charge in [0.1, 0.15) is 11.7 Å². The molecule has 0 fully saturated rings. The fourth-order valence-electron chi connectivity index (χ4n) is 1.34. The maximum absolute atomic E-state index is 11.7. The van der Waals surface area contributed by atoms with Crippen LogP contribution in [0.25, 0.3) is 11.0 Å². The molecule has 0 spiro atoms. The highest BCUT2D eigenvalue weighted by Gasteiger charge is 2.08. The average molecular weight is 185 g/mol. The van der Waals surface area contributed by atoms with Crippen molar-refractivity contribution in [2.75, 3.05) is 0 Å². The van der Waals surface area contributed by atoms with Crippen molar-refractivity contribution in [2.24, 2.45) is 0 Å². The van der Waals surface area contributed by atoms with E-state index in [0.717, 1.165) is 0 Å². The Balaban J connectivity index is 3.02. The molecule has 3 heteroatoms. The molecular weight excluding hydrogens is 178 g/mol. The number of rotatable bonds is 0. The van der Waals surface area contributed by atoms with Crippen molar-refractivity contribution in [3.05, 3.63) is 45.8 Å². The zero-order chi connectivity index (χ0) is 10.1. The van der Waals surface area contributed by atoms with E-state index in [2.05, 4.69) is 0 Å². The van der Waals surface area contributed by atoms with Crippen molar-refractivity contribution in [3.8, 4) is 6.07 Å². The lowest BCUT2D eigenvalue weighted by molar-refractivity contribution is 0.580. The third-order valence-electron chi connectivity index (χ3n) is 2.13. The molecule has 0 bridgehead atoms. The number of fused-ring (bicyclic) bond motifs is 1. The Bertz CT molecular complexity index is 590. The van der Waals surface area contributed by atoms with Gasteiger partial charge in [-0.15, -0.1) is 0 Å². The number of nitrogens with zero attached hydrogens (tertiary/aromatic N) is 1. The first kappa shape index (κ1) is 8.52. The van der Waals surface area contributed by atoms with E-state index in [1.807, 2.05) is 6.07 Å². The van der Waals surface area contributed by atoms with Gasteiger partial charge >= 0.3 is 0 Å². The van der Waals surface area contributed by atoms with Crippen LogP contribution in [0.1, 0.15) is 11.3 Å². The molecule has 3 nitrogen and oxygen atoms in total. The number of hydrogen-bond acceptors (Lipinski definition) is 3. The summed E-state index contributed by atoms with van der Waals surface area (Å²) in [6.07, 6.45) is 0. The van der Waals surface area contributed by atoms with Gasteiger partial charge in [-0.2, -0.15) is 5.26 Å². The van der Waals surface area contributed by atoms with Crippen LogP contribution in [0.4, 0.5) is 0 Å². The Morgan fingerprint density at radius 2 is 2.07 bits per heavy atom. The Hall–Kier alpha value is -2.08. The van der Waals surface area contributed by atoms with Crippen LogP contribution in [0.3, 0.4) is 0 Å². The summed E-state index contributed by atoms with van der Waals surface area (Å²) in [6, 6.07) is 8.76. The van der Waals surface area contributed by atoms with E-state index in [1.165, 1.54) is 0 Å². The van der Waals surface area contributed by atoms with Crippen LogP contribution >= 0.6 is 0 Å². The largest absolute Gasteiger partial charge is 0.445 e. The molecule has 2 rings (SSSR count). The summed E-state index contributed by atoms with van der Waals surface area (Å²) in [4.78, 5) is 11.7. The Morgan fingerprint density at radius 3 is 2.79 bits per heavy atom. The van der Waals surface area contributed by atoms with Gasteiger partial charge in [0.05, 0.1) is 10.9 Å². The van der Waals surface area contributed by atoms with Crippen LogP contribution in [-0.4, -0.2) is 0 Å². The predicted octanol–water partition coefficient (Wildman–Crippen LogP) is 1.97. The molecule has 0 amide bonds. The van der Waals surface area contributed by atoms with Crippen molar-refractivity contribution >= 4 is 11.0 Å². The Morgan fingerprint density at radius 1 is 1.36 bits per heavy atom. The zero-order valence-electron chi connectivity index (χ0n) is 7.57. The topological polar surface area (TPSA) is 54.0 Å². The van der Waals surface area contributed by atoms with Crippen molar-refractivity contribution in [1.29, 1.82) is 5.26 Å². The molecule has 68 valence electrons. The maximum atomic E-state index is 11.7. The molecule has 2 aromatic rings. The molecule has 1 aromatic carbocycles. The lowest BCUT2D eigenvalue weighted by atomic mass is 10.1. The minimum absolute atomic E-state index is 0.0914. The second-order valence-corrected chi connectivity index (χ2v) is 2.99. The van der Waals surface area contributed by atoms with E-state index in [9.17, 15) is 4.79 Å². The second kappa shape index (κ2) is 3.00. The second-order valence-electron chi connectivity index (χ2n) is 2.99. The van der Waals surface area contributed by atoms with Gasteiger partial charge in [0.2, 0.25) is 5.76 Å². The molecule has 0 radical (unpaired) electrons. The van der Waals surface area contributed by atoms with E-state index in [-0.39, 0.29) is 11.2 Å². The number of nitriles is 1. The van der Waals surface area contributed by atoms with E-state index in [1.54, 1.807) is 31.2 Å². The molecular formula is C11H7NO2. The van der Waals surface area contributed by atoms with Crippen molar-refractivity contribution in [1.82, 2.24) is 0 Å². The van der Waals surface area contributed by atoms with E-state index in [4.69, 9.17) is 9.68 Å². The van der Waals surface area contributed by atoms with E-state index >= 15 is 0 Å². The van der Waals surface area contributed by atoms with Crippen LogP contribution in [-0.2, 0) is 0 Å². The summed E-state index contributed by atoms with van der Waals surface area (Å²) in [5.74, 6) is 0.0914. The summed E-state index contributed by atoms with van der Waals surface area (Å²) in [5, 5.41) is 9.24. The Labute approximate surface area is 80.2 Å². The molecule has 0 saturated carbocycles. The van der Waals surface area contributed by atoms with Gasteiger partial charge < -0.3 is 4.42 Å². The maximum Gasteiger partial charge on any atom is 0.210 e. The zero-order valence-corrected chi connectivity index (χ0v) is 7.57. The third-order valence-corrected chi connectivity index (χ3v) is 2.13. The molecule has 0 saturated heterocycles. The summed E-state index contributed by atoms with van der Waals surface area (Å²) in [5.41, 5.74) is 0.689. The molecule has 1 aromatic heterocycles. The number of benzene rings is 1. The summed E-state index contributed by atoms with van der Waals surface area (Å²) < 4.78 is 5.26. The first-order chi connectivity index (χ1) is 6.74. The fourth-order valence-corrected chi connectivity index (χ4v) is 1.34. The first-order valence-corrected chi connectivity index (χ1v) is 4.16. The number of para-hydroxylation sites is 1. The predicted molar refractivity (Wildman–Crippen MR) is 51.9 cm³/mol. The molecule has 0 N–H and O–H groups in total. The van der Waals surface area contributed by atoms with Crippen LogP contribution in [0.15, 0.2) is 33.5 Å². The molecule has 0 atom stereocenters. The van der Waals surface area contributed by atoms with Gasteiger partial charge in [-0.25, -0.2) is 0 Å². The first-order valence-electron chi connectivity index (χ1n) is 4.16. The lowest BCUT2D eigenvalue weighted by Gasteiger charge is -1.99. The quantitative estimate of drug-likeness (QED) is 0.630. The van der Waals surface area contributed by atoms with Crippen LogP contribution in [0.5, 0.6) is 0 Å². The molecule has 14 heavy (non-hydrogen) atoms. The smallest absolute Gasteiger partial charge is 0.210 e. The average Bonchev–Trinajstić information content (AvgIpc) is 2.23. The number of hydrogen-bond donors (Lipinski definition) is 0. The standard InChI is InChI=1S/C11H7NO2/c1-7-10(6-12)14-9-5-3-2-4-8(9)11(7)13/h2-5H,1H3. The van der Waals surface area contributed by atoms with Gasteiger partial charge in [0.15, 0.2) is 5.43 Å². The van der Waals surface area contributed by atoms with Crippen LogP contribution < -0.4 is 5.43 Å². The summed E-state index contributed by atoms with van der Waals surface area (Å²) >= 11 is 0. The summed E-state index contributed by atoms with van der Waals surface area (Å²) in [6.45, 7) is 1.59. The van der Waals surface area contributed by atoms with Crippen LogP contribution in [0, 0.1) is 18.3 Å². The van der Waals surface area contributed by atoms with Gasteiger partial charge in [-0.1, -0.05) is 12.1 Å². The van der Waals surface area contributed by atoms with Crippen molar-refractivity contribution in [3.63, 3.8) is 0 Å². The highest BCUT2D eigenvalue weighted by atomic mass is 16.3. The monoisotopic (exact) mass is 185 g/mol. The SMILES string of the molecule is Cc1c(C#N)oc2ccccc2c1=O. The van der Waals surface area contributed by atoms with Crippen LogP contribution in [0.2, 0.25) is 0 Å². The van der Waals surface area contributed by atoms with Gasteiger partial charge in [0, 0.05) is 0 Å². The van der Waals surface area contributed by atoms with Crippen molar-refractivity contribution in [2.45, 2.75) is 6.92 Å². The minimum atomic E-state index is -0.136. The van der Waals surface area contributed by atoms with Gasteiger partial charge in [0.25, 0.3) is 0 Å². The Kier molecular flexibility index (Phi) is 1.83. The third kappa shape index (κ3) is 1.09. The molecule has 1 heterocycles. The minimum Gasteiger partial charge on any atom is -0.445 e. The highest BCUT2D eigenvalue weighted by Crippen LogP contribution is 2.13. The summed E-state index contributed by atoms with van der Waals surface area (Å²) in [7, 11) is 0. The van der Waals surface area contributed by atoms with E-state index < -0.39 is 0 Å². The molecule has 0 aliphatic rings. The lowest BCUT2D eigenvalue weighted by Crippen LogP contribution is -2.07. The fraction of sp³-hybridized carbons (Fsp3) is 0.0909. The van der Waals surface area contributed by atoms with Gasteiger partial charge in [-0.05, 0) is 19.1 Å². The van der Waals surface area contributed by atoms with E-state index in [0.29, 0.717) is 16.5 Å². The molecule has 0 aliphatic carbocycles. The van der Waals surface area contributed by atoms with Gasteiger partial charge in [-0.3, -0.25) is 4.79 Å².